The van der Waals surface area contributed by atoms with Crippen LogP contribution in [0.4, 0.5) is 0 Å². The predicted octanol–water partition coefficient (Wildman–Crippen LogP) is 5.02. The number of rotatable bonds is 5. The molecule has 0 saturated carbocycles. The zero-order chi connectivity index (χ0) is 25.2. The van der Waals surface area contributed by atoms with Gasteiger partial charge in [-0.15, -0.1) is 0 Å². The number of piperidine rings is 2. The molecule has 0 spiro atoms. The van der Waals surface area contributed by atoms with Crippen LogP contribution in [0.2, 0.25) is 10.0 Å². The van der Waals surface area contributed by atoms with E-state index >= 15 is 0 Å². The maximum absolute atomic E-state index is 13.3. The van der Waals surface area contributed by atoms with Gasteiger partial charge >= 0.3 is 0 Å². The van der Waals surface area contributed by atoms with E-state index in [1.807, 2.05) is 23.1 Å². The molecule has 2 aromatic carbocycles. The molecule has 6 nitrogen and oxygen atoms in total. The van der Waals surface area contributed by atoms with Gasteiger partial charge in [-0.25, -0.2) is 0 Å². The molecule has 3 heterocycles. The number of amides is 1. The fourth-order valence-electron chi connectivity index (χ4n) is 5.81. The smallest absolute Gasteiger partial charge is 0.254 e. The van der Waals surface area contributed by atoms with Crippen molar-refractivity contribution in [2.75, 3.05) is 32.8 Å². The van der Waals surface area contributed by atoms with Crippen molar-refractivity contribution < 1.29 is 15.0 Å². The van der Waals surface area contributed by atoms with E-state index in [1.54, 1.807) is 30.5 Å². The fraction of sp³-hybridized carbons (Fsp3) is 0.429. The number of aromatic hydroxyl groups is 1. The quantitative estimate of drug-likeness (QED) is 0.486. The zero-order valence-corrected chi connectivity index (χ0v) is 21.6. The summed E-state index contributed by atoms with van der Waals surface area (Å²) in [6.07, 6.45) is 5.39. The molecule has 0 bridgehead atoms. The lowest BCUT2D eigenvalue weighted by molar-refractivity contribution is 0.0242. The molecule has 1 aromatic heterocycles. The van der Waals surface area contributed by atoms with Crippen molar-refractivity contribution in [1.29, 1.82) is 0 Å². The van der Waals surface area contributed by atoms with Crippen LogP contribution in [0.5, 0.6) is 5.75 Å². The second-order valence-electron chi connectivity index (χ2n) is 10.0. The van der Waals surface area contributed by atoms with Crippen LogP contribution in [0.25, 0.3) is 10.9 Å². The molecule has 2 fully saturated rings. The van der Waals surface area contributed by atoms with Crippen LogP contribution in [0, 0.1) is 11.8 Å². The SMILES string of the molecule is O=C(c1ccnc2cc(O)ccc12)N1CCC(N2CCC(Cc3ccc(Cl)c(Cl)c3)[C@H](CO)C2)CC1. The van der Waals surface area contributed by atoms with Crippen molar-refractivity contribution in [2.45, 2.75) is 31.7 Å². The van der Waals surface area contributed by atoms with Crippen molar-refractivity contribution in [2.24, 2.45) is 11.8 Å². The summed E-state index contributed by atoms with van der Waals surface area (Å²) < 4.78 is 0. The average Bonchev–Trinajstić information content (AvgIpc) is 2.90. The standard InChI is InChI=1S/C28H31Cl2N3O3/c29-25-4-1-18(14-26(25)30)13-19-6-10-33(16-20(19)17-34)21-7-11-32(12-8-21)28(36)24-5-9-31-27-15-22(35)2-3-23(24)27/h1-5,9,14-15,19-21,34-35H,6-8,10-13,16-17H2/t19?,20-/m0/s1. The van der Waals surface area contributed by atoms with Crippen molar-refractivity contribution in [3.05, 3.63) is 69.8 Å². The first kappa shape index (κ1) is 25.3. The minimum atomic E-state index is 0.0140. The third kappa shape index (κ3) is 5.32. The van der Waals surface area contributed by atoms with E-state index < -0.39 is 0 Å². The monoisotopic (exact) mass is 527 g/mol. The Morgan fingerprint density at radius 1 is 0.972 bits per heavy atom. The second kappa shape index (κ2) is 10.9. The summed E-state index contributed by atoms with van der Waals surface area (Å²) in [4.78, 5) is 22.0. The average molecular weight is 528 g/mol. The van der Waals surface area contributed by atoms with Gasteiger partial charge in [0.15, 0.2) is 0 Å². The second-order valence-corrected chi connectivity index (χ2v) is 10.8. The number of carbonyl (C=O) groups excluding carboxylic acids is 1. The number of aliphatic hydroxyl groups is 1. The molecular weight excluding hydrogens is 497 g/mol. The lowest BCUT2D eigenvalue weighted by atomic mass is 9.80. The summed E-state index contributed by atoms with van der Waals surface area (Å²) >= 11 is 12.3. The lowest BCUT2D eigenvalue weighted by Gasteiger charge is -2.44. The van der Waals surface area contributed by atoms with E-state index in [2.05, 4.69) is 9.88 Å². The van der Waals surface area contributed by atoms with Gasteiger partial charge < -0.3 is 15.1 Å². The van der Waals surface area contributed by atoms with E-state index in [0.717, 1.165) is 49.7 Å². The third-order valence-corrected chi connectivity index (χ3v) is 8.60. The Bertz CT molecular complexity index is 1250. The summed E-state index contributed by atoms with van der Waals surface area (Å²) in [6, 6.07) is 12.9. The maximum Gasteiger partial charge on any atom is 0.254 e. The van der Waals surface area contributed by atoms with Crippen molar-refractivity contribution in [3.8, 4) is 5.75 Å². The van der Waals surface area contributed by atoms with Crippen LogP contribution in [-0.2, 0) is 6.42 Å². The van der Waals surface area contributed by atoms with Crippen LogP contribution in [0.3, 0.4) is 0 Å². The number of hydrogen-bond donors (Lipinski definition) is 2. The third-order valence-electron chi connectivity index (χ3n) is 7.86. The fourth-order valence-corrected chi connectivity index (χ4v) is 6.13. The Morgan fingerprint density at radius 2 is 1.78 bits per heavy atom. The van der Waals surface area contributed by atoms with Gasteiger partial charge in [0.25, 0.3) is 5.91 Å². The number of hydrogen-bond acceptors (Lipinski definition) is 5. The summed E-state index contributed by atoms with van der Waals surface area (Å²) in [7, 11) is 0. The first-order chi connectivity index (χ1) is 17.4. The van der Waals surface area contributed by atoms with Gasteiger partial charge in [0.05, 0.1) is 21.1 Å². The molecule has 2 atom stereocenters. The summed E-state index contributed by atoms with van der Waals surface area (Å²) in [5.74, 6) is 0.777. The van der Waals surface area contributed by atoms with Gasteiger partial charge in [0.2, 0.25) is 0 Å². The topological polar surface area (TPSA) is 76.9 Å². The molecule has 1 amide bonds. The van der Waals surface area contributed by atoms with Crippen LogP contribution >= 0.6 is 23.2 Å². The number of nitrogens with zero attached hydrogens (tertiary/aromatic N) is 3. The van der Waals surface area contributed by atoms with E-state index in [-0.39, 0.29) is 24.2 Å². The van der Waals surface area contributed by atoms with Gasteiger partial charge in [0.1, 0.15) is 5.75 Å². The van der Waals surface area contributed by atoms with Gasteiger partial charge in [0, 0.05) is 49.9 Å². The van der Waals surface area contributed by atoms with Gasteiger partial charge in [-0.1, -0.05) is 29.3 Å². The highest BCUT2D eigenvalue weighted by atomic mass is 35.5. The van der Waals surface area contributed by atoms with Gasteiger partial charge in [-0.2, -0.15) is 0 Å². The normalized spacial score (nSPS) is 21.7. The highest BCUT2D eigenvalue weighted by Gasteiger charge is 2.34. The number of pyridine rings is 1. The molecule has 0 aliphatic carbocycles. The molecule has 0 radical (unpaired) electrons. The number of halogens is 2. The first-order valence-corrected chi connectivity index (χ1v) is 13.3. The number of fused-ring (bicyclic) bond motifs is 1. The Kier molecular flexibility index (Phi) is 7.68. The summed E-state index contributed by atoms with van der Waals surface area (Å²) in [6.45, 7) is 3.46. The minimum absolute atomic E-state index is 0.0140. The van der Waals surface area contributed by atoms with E-state index in [0.29, 0.717) is 46.2 Å². The molecular formula is C28H31Cl2N3O3. The molecule has 2 aliphatic heterocycles. The molecule has 2 N–H and O–H groups in total. The summed E-state index contributed by atoms with van der Waals surface area (Å²) in [5, 5.41) is 21.8. The molecule has 190 valence electrons. The van der Waals surface area contributed by atoms with Crippen molar-refractivity contribution in [1.82, 2.24) is 14.8 Å². The van der Waals surface area contributed by atoms with Crippen molar-refractivity contribution >= 4 is 40.0 Å². The van der Waals surface area contributed by atoms with Crippen LogP contribution in [0.15, 0.2) is 48.7 Å². The molecule has 36 heavy (non-hydrogen) atoms. The predicted molar refractivity (Wildman–Crippen MR) is 143 cm³/mol. The molecule has 2 saturated heterocycles. The van der Waals surface area contributed by atoms with E-state index in [1.165, 1.54) is 0 Å². The molecule has 2 aliphatic rings. The largest absolute Gasteiger partial charge is 0.508 e. The molecule has 8 heteroatoms. The van der Waals surface area contributed by atoms with Crippen LogP contribution < -0.4 is 0 Å². The highest BCUT2D eigenvalue weighted by molar-refractivity contribution is 6.42. The number of aromatic nitrogens is 1. The molecule has 3 aromatic rings. The number of benzene rings is 2. The number of aliphatic hydroxyl groups excluding tert-OH is 1. The van der Waals surface area contributed by atoms with E-state index in [4.69, 9.17) is 23.2 Å². The Morgan fingerprint density at radius 3 is 2.53 bits per heavy atom. The van der Waals surface area contributed by atoms with Gasteiger partial charge in [-0.05, 0) is 80.0 Å². The lowest BCUT2D eigenvalue weighted by Crippen LogP contribution is -2.52. The number of carbonyl (C=O) groups is 1. The van der Waals surface area contributed by atoms with Crippen LogP contribution in [-0.4, -0.2) is 69.7 Å². The Labute approximate surface area is 221 Å². The Hall–Kier alpha value is -2.38. The van der Waals surface area contributed by atoms with Gasteiger partial charge in [-0.3, -0.25) is 14.7 Å². The highest BCUT2D eigenvalue weighted by Crippen LogP contribution is 2.32. The first-order valence-electron chi connectivity index (χ1n) is 12.6. The molecule has 5 rings (SSSR count). The maximum atomic E-state index is 13.3. The number of likely N-dealkylation sites (tertiary alicyclic amines) is 2. The minimum Gasteiger partial charge on any atom is -0.508 e. The van der Waals surface area contributed by atoms with Crippen molar-refractivity contribution in [3.63, 3.8) is 0 Å². The number of phenols is 1. The van der Waals surface area contributed by atoms with E-state index in [9.17, 15) is 15.0 Å². The Balaban J connectivity index is 1.19. The summed E-state index contributed by atoms with van der Waals surface area (Å²) in [5.41, 5.74) is 2.41. The number of phenolic OH excluding ortho intramolecular Hbond substituents is 1. The van der Waals surface area contributed by atoms with Crippen LogP contribution in [0.1, 0.15) is 35.2 Å². The zero-order valence-electron chi connectivity index (χ0n) is 20.1. The molecule has 1 unspecified atom stereocenters.